The molecule has 1 aromatic rings. The average molecular weight is 264 g/mol. The van der Waals surface area contributed by atoms with E-state index in [0.29, 0.717) is 0 Å². The number of hydrogen-bond donors (Lipinski definition) is 2. The number of carbonyl (C=O) groups is 2. The van der Waals surface area contributed by atoms with E-state index in [1.54, 1.807) is 17.1 Å². The highest BCUT2D eigenvalue weighted by atomic mass is 16.4. The fourth-order valence-corrected chi connectivity index (χ4v) is 2.97. The van der Waals surface area contributed by atoms with Crippen LogP contribution in [0.1, 0.15) is 44.9 Å². The van der Waals surface area contributed by atoms with Crippen LogP contribution in [0.4, 0.5) is 0 Å². The molecule has 5 nitrogen and oxygen atoms in total. The van der Waals surface area contributed by atoms with Gasteiger partial charge in [-0.1, -0.05) is 19.3 Å². The van der Waals surface area contributed by atoms with E-state index in [9.17, 15) is 9.59 Å². The minimum absolute atomic E-state index is 0.0894. The molecule has 1 aliphatic carbocycles. The van der Waals surface area contributed by atoms with Gasteiger partial charge in [-0.25, -0.2) is 0 Å². The van der Waals surface area contributed by atoms with Crippen LogP contribution in [-0.4, -0.2) is 21.7 Å². The van der Waals surface area contributed by atoms with Crippen LogP contribution in [0.3, 0.4) is 0 Å². The predicted octanol–water partition coefficient (Wildman–Crippen LogP) is 2.37. The van der Waals surface area contributed by atoms with Gasteiger partial charge in [-0.2, -0.15) is 0 Å². The van der Waals surface area contributed by atoms with E-state index < -0.39 is 5.97 Å². The molecule has 1 amide bonds. The molecule has 1 fully saturated rings. The van der Waals surface area contributed by atoms with Crippen molar-refractivity contribution < 1.29 is 14.7 Å². The molecule has 0 unspecified atom stereocenters. The number of carbonyl (C=O) groups excluding carboxylic acids is 1. The Hall–Kier alpha value is -1.78. The first-order chi connectivity index (χ1) is 9.10. The lowest BCUT2D eigenvalue weighted by atomic mass is 9.69. The zero-order valence-electron chi connectivity index (χ0n) is 11.0. The normalized spacial score (nSPS) is 17.9. The number of hydrogen-bond acceptors (Lipinski definition) is 2. The molecule has 0 aliphatic heterocycles. The standard InChI is InChI=1S/C14H20N2O3/c17-12(15-16-8-4-5-9-16)10-14(11-13(18)19)6-2-1-3-7-14/h4-5,8-9H,1-3,6-7,10-11H2,(H,15,17)(H,18,19). The maximum absolute atomic E-state index is 12.0. The molecule has 2 N–H and O–H groups in total. The number of carboxylic acid groups (broad SMARTS) is 1. The lowest BCUT2D eigenvalue weighted by Gasteiger charge is -2.35. The average Bonchev–Trinajstić information content (AvgIpc) is 2.81. The van der Waals surface area contributed by atoms with E-state index in [1.807, 2.05) is 12.1 Å². The monoisotopic (exact) mass is 264 g/mol. The molecule has 1 aliphatic rings. The number of rotatable bonds is 5. The van der Waals surface area contributed by atoms with Crippen LogP contribution in [0.5, 0.6) is 0 Å². The molecule has 19 heavy (non-hydrogen) atoms. The number of aliphatic carboxylic acids is 1. The number of aromatic nitrogens is 1. The molecule has 0 atom stereocenters. The molecule has 104 valence electrons. The Bertz CT molecular complexity index is 434. The van der Waals surface area contributed by atoms with Gasteiger partial charge in [0, 0.05) is 18.8 Å². The molecular formula is C14H20N2O3. The summed E-state index contributed by atoms with van der Waals surface area (Å²) in [6.45, 7) is 0. The number of nitrogens with zero attached hydrogens (tertiary/aromatic N) is 1. The van der Waals surface area contributed by atoms with Gasteiger partial charge in [0.15, 0.2) is 0 Å². The summed E-state index contributed by atoms with van der Waals surface area (Å²) in [5.74, 6) is -0.921. The summed E-state index contributed by atoms with van der Waals surface area (Å²) in [5, 5.41) is 9.06. The third kappa shape index (κ3) is 3.84. The van der Waals surface area contributed by atoms with Crippen molar-refractivity contribution >= 4 is 11.9 Å². The van der Waals surface area contributed by atoms with Gasteiger partial charge in [0.25, 0.3) is 0 Å². The summed E-state index contributed by atoms with van der Waals surface area (Å²) in [7, 11) is 0. The maximum Gasteiger partial charge on any atom is 0.303 e. The highest BCUT2D eigenvalue weighted by Crippen LogP contribution is 2.42. The lowest BCUT2D eigenvalue weighted by Crippen LogP contribution is -2.34. The molecule has 1 saturated carbocycles. The Labute approximate surface area is 112 Å². The van der Waals surface area contributed by atoms with Crippen molar-refractivity contribution in [1.82, 2.24) is 4.68 Å². The zero-order valence-corrected chi connectivity index (χ0v) is 11.0. The Morgan fingerprint density at radius 2 is 1.74 bits per heavy atom. The van der Waals surface area contributed by atoms with Gasteiger partial charge in [0.1, 0.15) is 0 Å². The molecule has 5 heteroatoms. The minimum atomic E-state index is -0.810. The predicted molar refractivity (Wildman–Crippen MR) is 71.2 cm³/mol. The molecule has 1 aromatic heterocycles. The van der Waals surface area contributed by atoms with Crippen molar-refractivity contribution in [1.29, 1.82) is 0 Å². The van der Waals surface area contributed by atoms with Crippen LogP contribution in [0, 0.1) is 5.41 Å². The number of nitrogens with one attached hydrogen (secondary N) is 1. The minimum Gasteiger partial charge on any atom is -0.481 e. The van der Waals surface area contributed by atoms with Crippen LogP contribution in [0.25, 0.3) is 0 Å². The van der Waals surface area contributed by atoms with Crippen LogP contribution >= 0.6 is 0 Å². The van der Waals surface area contributed by atoms with Crippen LogP contribution in [0.2, 0.25) is 0 Å². The van der Waals surface area contributed by atoms with E-state index in [2.05, 4.69) is 5.43 Å². The van der Waals surface area contributed by atoms with Crippen molar-refractivity contribution in [3.63, 3.8) is 0 Å². The van der Waals surface area contributed by atoms with E-state index in [-0.39, 0.29) is 24.2 Å². The van der Waals surface area contributed by atoms with Crippen molar-refractivity contribution in [2.75, 3.05) is 5.43 Å². The third-order valence-corrected chi connectivity index (χ3v) is 3.83. The van der Waals surface area contributed by atoms with Gasteiger partial charge in [0.2, 0.25) is 5.91 Å². The molecule has 0 bridgehead atoms. The van der Waals surface area contributed by atoms with Crippen molar-refractivity contribution in [3.05, 3.63) is 24.5 Å². The van der Waals surface area contributed by atoms with Crippen LogP contribution < -0.4 is 5.43 Å². The smallest absolute Gasteiger partial charge is 0.303 e. The van der Waals surface area contributed by atoms with Crippen LogP contribution in [-0.2, 0) is 9.59 Å². The van der Waals surface area contributed by atoms with E-state index in [4.69, 9.17) is 5.11 Å². The Morgan fingerprint density at radius 3 is 2.32 bits per heavy atom. The second-order valence-electron chi connectivity index (χ2n) is 5.43. The maximum atomic E-state index is 12.0. The van der Waals surface area contributed by atoms with E-state index >= 15 is 0 Å². The van der Waals surface area contributed by atoms with Crippen molar-refractivity contribution in [2.24, 2.45) is 5.41 Å². The largest absolute Gasteiger partial charge is 0.481 e. The van der Waals surface area contributed by atoms with E-state index in [1.165, 1.54) is 0 Å². The first kappa shape index (κ1) is 13.6. The van der Waals surface area contributed by atoms with Gasteiger partial charge in [-0.15, -0.1) is 0 Å². The first-order valence-corrected chi connectivity index (χ1v) is 6.74. The SMILES string of the molecule is O=C(O)CC1(CC(=O)Nn2cccc2)CCCCC1. The molecule has 0 aromatic carbocycles. The molecule has 0 spiro atoms. The first-order valence-electron chi connectivity index (χ1n) is 6.74. The summed E-state index contributed by atoms with van der Waals surface area (Å²) in [4.78, 5) is 23.1. The van der Waals surface area contributed by atoms with Gasteiger partial charge >= 0.3 is 5.97 Å². The number of amides is 1. The second kappa shape index (κ2) is 5.91. The fourth-order valence-electron chi connectivity index (χ4n) is 2.97. The van der Waals surface area contributed by atoms with E-state index in [0.717, 1.165) is 32.1 Å². The van der Waals surface area contributed by atoms with Gasteiger partial charge in [-0.3, -0.25) is 19.7 Å². The fraction of sp³-hybridized carbons (Fsp3) is 0.571. The van der Waals surface area contributed by atoms with Crippen molar-refractivity contribution in [2.45, 2.75) is 44.9 Å². The number of carboxylic acids is 1. The van der Waals surface area contributed by atoms with Gasteiger partial charge in [-0.05, 0) is 30.4 Å². The summed E-state index contributed by atoms with van der Waals surface area (Å²) >= 11 is 0. The topological polar surface area (TPSA) is 71.3 Å². The molecule has 0 radical (unpaired) electrons. The van der Waals surface area contributed by atoms with Gasteiger partial charge in [0.05, 0.1) is 6.42 Å². The summed E-state index contributed by atoms with van der Waals surface area (Å²) in [6, 6.07) is 3.65. The van der Waals surface area contributed by atoms with Gasteiger partial charge < -0.3 is 5.11 Å². The summed E-state index contributed by atoms with van der Waals surface area (Å²) in [6.07, 6.45) is 8.72. The second-order valence-corrected chi connectivity index (χ2v) is 5.43. The van der Waals surface area contributed by atoms with Crippen LogP contribution in [0.15, 0.2) is 24.5 Å². The zero-order chi connectivity index (χ0) is 13.7. The summed E-state index contributed by atoms with van der Waals surface area (Å²) in [5.41, 5.74) is 2.39. The molecular weight excluding hydrogens is 244 g/mol. The summed E-state index contributed by atoms with van der Waals surface area (Å²) < 4.78 is 1.60. The Kier molecular flexibility index (Phi) is 4.24. The highest BCUT2D eigenvalue weighted by Gasteiger charge is 2.36. The lowest BCUT2D eigenvalue weighted by molar-refractivity contribution is -0.141. The quantitative estimate of drug-likeness (QED) is 0.857. The Morgan fingerprint density at radius 1 is 1.11 bits per heavy atom. The Balaban J connectivity index is 1.98. The third-order valence-electron chi connectivity index (χ3n) is 3.83. The highest BCUT2D eigenvalue weighted by molar-refractivity contribution is 5.84. The molecule has 1 heterocycles. The molecule has 0 saturated heterocycles. The van der Waals surface area contributed by atoms with Crippen molar-refractivity contribution in [3.8, 4) is 0 Å². The molecule has 2 rings (SSSR count).